The van der Waals surface area contributed by atoms with E-state index in [4.69, 9.17) is 15.8 Å². The van der Waals surface area contributed by atoms with Gasteiger partial charge in [0.2, 0.25) is 0 Å². The van der Waals surface area contributed by atoms with E-state index in [0.29, 0.717) is 0 Å². The molecule has 9 nitrogen and oxygen atoms in total. The summed E-state index contributed by atoms with van der Waals surface area (Å²) in [5, 5.41) is 27.0. The van der Waals surface area contributed by atoms with Gasteiger partial charge < -0.3 is 14.9 Å². The Labute approximate surface area is 130 Å². The number of thioether (sulfide) groups is 1. The molecule has 116 valence electrons. The lowest BCUT2D eigenvalue weighted by Crippen LogP contribution is -2.56. The van der Waals surface area contributed by atoms with Gasteiger partial charge in [-0.25, -0.2) is 0 Å². The van der Waals surface area contributed by atoms with Crippen LogP contribution in [-0.4, -0.2) is 46.5 Å². The smallest absolute Gasteiger partial charge is 0.119 e. The molecule has 1 heterocycles. The van der Waals surface area contributed by atoms with Crippen LogP contribution in [0.15, 0.2) is 45.5 Å². The second-order valence-electron chi connectivity index (χ2n) is 4.56. The molecule has 0 aliphatic carbocycles. The molecule has 0 bridgehead atoms. The second-order valence-corrected chi connectivity index (χ2v) is 5.74. The van der Waals surface area contributed by atoms with Crippen LogP contribution in [0.5, 0.6) is 0 Å². The summed E-state index contributed by atoms with van der Waals surface area (Å²) in [5.74, 6) is 0. The first-order valence-electron chi connectivity index (χ1n) is 6.45. The van der Waals surface area contributed by atoms with Crippen molar-refractivity contribution in [2.75, 3.05) is 6.54 Å². The first kappa shape index (κ1) is 16.4. The lowest BCUT2D eigenvalue weighted by molar-refractivity contribution is -0.150. The Morgan fingerprint density at radius 2 is 1.86 bits per heavy atom. The monoisotopic (exact) mass is 322 g/mol. The van der Waals surface area contributed by atoms with Crippen molar-refractivity contribution in [2.45, 2.75) is 34.7 Å². The summed E-state index contributed by atoms with van der Waals surface area (Å²) in [4.78, 5) is 6.18. The van der Waals surface area contributed by atoms with Gasteiger partial charge in [-0.2, -0.15) is 0 Å². The summed E-state index contributed by atoms with van der Waals surface area (Å²) in [6.45, 7) is -0.121. The minimum absolute atomic E-state index is 0.121. The molecule has 3 unspecified atom stereocenters. The summed E-state index contributed by atoms with van der Waals surface area (Å²) in [6.07, 6.45) is -3.46. The SMILES string of the molecule is [N-]=[N+]=NCC1OC(Sc2ccccc2)[C@@H](N=[N+]=[N-])C(O)[C@@H]1O. The highest BCUT2D eigenvalue weighted by Crippen LogP contribution is 2.35. The van der Waals surface area contributed by atoms with E-state index >= 15 is 0 Å². The van der Waals surface area contributed by atoms with Crippen LogP contribution in [0.4, 0.5) is 0 Å². The lowest BCUT2D eigenvalue weighted by atomic mass is 9.98. The molecule has 2 rings (SSSR count). The average Bonchev–Trinajstić information content (AvgIpc) is 2.54. The van der Waals surface area contributed by atoms with Gasteiger partial charge in [0.05, 0.1) is 18.8 Å². The van der Waals surface area contributed by atoms with Crippen molar-refractivity contribution >= 4 is 11.8 Å². The third kappa shape index (κ3) is 3.83. The molecule has 0 saturated carbocycles. The van der Waals surface area contributed by atoms with E-state index in [0.717, 1.165) is 4.90 Å². The van der Waals surface area contributed by atoms with Crippen molar-refractivity contribution < 1.29 is 14.9 Å². The zero-order valence-corrected chi connectivity index (χ0v) is 12.2. The molecule has 1 aromatic rings. The standard InChI is InChI=1S/C12H14N6O3S/c13-17-15-6-8-10(19)11(20)9(16-18-14)12(21-8)22-7-4-2-1-3-5-7/h1-5,8-12,19-20H,6H2/t8?,9-,10+,11?,12?/m0/s1. The van der Waals surface area contributed by atoms with Crippen LogP contribution in [0.2, 0.25) is 0 Å². The van der Waals surface area contributed by atoms with Crippen LogP contribution in [-0.2, 0) is 4.74 Å². The van der Waals surface area contributed by atoms with Crippen molar-refractivity contribution in [1.29, 1.82) is 0 Å². The van der Waals surface area contributed by atoms with Gasteiger partial charge in [0.15, 0.2) is 0 Å². The van der Waals surface area contributed by atoms with Crippen LogP contribution in [0.3, 0.4) is 0 Å². The van der Waals surface area contributed by atoms with Crippen LogP contribution < -0.4 is 0 Å². The average molecular weight is 322 g/mol. The molecule has 0 spiro atoms. The molecule has 10 heteroatoms. The van der Waals surface area contributed by atoms with Gasteiger partial charge in [0.25, 0.3) is 0 Å². The van der Waals surface area contributed by atoms with Crippen LogP contribution >= 0.6 is 11.8 Å². The number of rotatable bonds is 5. The fraction of sp³-hybridized carbons (Fsp3) is 0.500. The molecule has 0 aromatic heterocycles. The summed E-state index contributed by atoms with van der Waals surface area (Å²) in [7, 11) is 0. The minimum Gasteiger partial charge on any atom is -0.390 e. The molecule has 0 amide bonds. The first-order valence-corrected chi connectivity index (χ1v) is 7.33. The van der Waals surface area contributed by atoms with Crippen molar-refractivity contribution in [3.63, 3.8) is 0 Å². The van der Waals surface area contributed by atoms with Crippen molar-refractivity contribution in [3.05, 3.63) is 51.2 Å². The first-order chi connectivity index (χ1) is 10.7. The molecule has 22 heavy (non-hydrogen) atoms. The molecule has 1 fully saturated rings. The molecule has 0 radical (unpaired) electrons. The second kappa shape index (κ2) is 7.90. The van der Waals surface area contributed by atoms with Gasteiger partial charge >= 0.3 is 0 Å². The van der Waals surface area contributed by atoms with Gasteiger partial charge in [-0.15, -0.1) is 0 Å². The highest BCUT2D eigenvalue weighted by molar-refractivity contribution is 7.99. The van der Waals surface area contributed by atoms with Crippen molar-refractivity contribution in [1.82, 2.24) is 0 Å². The van der Waals surface area contributed by atoms with E-state index in [1.807, 2.05) is 30.3 Å². The molecule has 5 atom stereocenters. The maximum Gasteiger partial charge on any atom is 0.119 e. The van der Waals surface area contributed by atoms with E-state index in [2.05, 4.69) is 20.1 Å². The van der Waals surface area contributed by atoms with Gasteiger partial charge in [0, 0.05) is 14.7 Å². The molecular weight excluding hydrogens is 308 g/mol. The van der Waals surface area contributed by atoms with Gasteiger partial charge in [0.1, 0.15) is 17.6 Å². The largest absolute Gasteiger partial charge is 0.390 e. The van der Waals surface area contributed by atoms with E-state index in [1.54, 1.807) is 0 Å². The Morgan fingerprint density at radius 3 is 2.50 bits per heavy atom. The van der Waals surface area contributed by atoms with E-state index < -0.39 is 29.8 Å². The molecule has 1 saturated heterocycles. The lowest BCUT2D eigenvalue weighted by Gasteiger charge is -2.40. The van der Waals surface area contributed by atoms with Crippen LogP contribution in [0, 0.1) is 0 Å². The third-order valence-electron chi connectivity index (χ3n) is 3.17. The molecule has 1 aromatic carbocycles. The van der Waals surface area contributed by atoms with Gasteiger partial charge in [-0.05, 0) is 23.2 Å². The Balaban J connectivity index is 2.21. The summed E-state index contributed by atoms with van der Waals surface area (Å²) < 4.78 is 5.66. The summed E-state index contributed by atoms with van der Waals surface area (Å²) >= 11 is 1.26. The van der Waals surface area contributed by atoms with Gasteiger partial charge in [-0.1, -0.05) is 40.2 Å². The highest BCUT2D eigenvalue weighted by Gasteiger charge is 2.44. The minimum atomic E-state index is -1.30. The topological polar surface area (TPSA) is 147 Å². The quantitative estimate of drug-likeness (QED) is 0.485. The molecule has 2 N–H and O–H groups in total. The normalized spacial score (nSPS) is 30.9. The summed E-state index contributed by atoms with van der Waals surface area (Å²) in [6, 6.07) is 8.29. The zero-order valence-electron chi connectivity index (χ0n) is 11.4. The number of azide groups is 2. The number of hydrogen-bond acceptors (Lipinski definition) is 6. The molecular formula is C12H14N6O3S. The number of hydrogen-bond donors (Lipinski definition) is 2. The van der Waals surface area contributed by atoms with E-state index in [1.165, 1.54) is 11.8 Å². The fourth-order valence-electron chi connectivity index (χ4n) is 2.10. The van der Waals surface area contributed by atoms with Gasteiger partial charge in [-0.3, -0.25) is 0 Å². The molecule has 1 aliphatic heterocycles. The maximum atomic E-state index is 10.1. The molecule has 1 aliphatic rings. The highest BCUT2D eigenvalue weighted by atomic mass is 32.2. The van der Waals surface area contributed by atoms with E-state index in [-0.39, 0.29) is 6.54 Å². The number of aliphatic hydroxyl groups excluding tert-OH is 2. The number of nitrogens with zero attached hydrogens (tertiary/aromatic N) is 6. The predicted molar refractivity (Wildman–Crippen MR) is 79.9 cm³/mol. The summed E-state index contributed by atoms with van der Waals surface area (Å²) in [5.41, 5.74) is 16.3. The zero-order chi connectivity index (χ0) is 15.9. The number of benzene rings is 1. The van der Waals surface area contributed by atoms with Crippen molar-refractivity contribution in [2.24, 2.45) is 10.2 Å². The van der Waals surface area contributed by atoms with Crippen LogP contribution in [0.1, 0.15) is 0 Å². The Kier molecular flexibility index (Phi) is 5.91. The Morgan fingerprint density at radius 1 is 1.14 bits per heavy atom. The number of ether oxygens (including phenoxy) is 1. The Bertz CT molecular complexity index is 588. The maximum absolute atomic E-state index is 10.1. The third-order valence-corrected chi connectivity index (χ3v) is 4.34. The van der Waals surface area contributed by atoms with Crippen LogP contribution in [0.25, 0.3) is 20.9 Å². The predicted octanol–water partition coefficient (Wildman–Crippen LogP) is 2.21. The fourth-order valence-corrected chi connectivity index (χ4v) is 3.23. The number of aliphatic hydroxyl groups is 2. The Hall–Kier alpha value is -1.93. The van der Waals surface area contributed by atoms with E-state index in [9.17, 15) is 10.2 Å². The van der Waals surface area contributed by atoms with Crippen molar-refractivity contribution in [3.8, 4) is 0 Å².